The van der Waals surface area contributed by atoms with Gasteiger partial charge in [-0.1, -0.05) is 20.8 Å². The second-order valence-corrected chi connectivity index (χ2v) is 5.79. The fourth-order valence-corrected chi connectivity index (χ4v) is 1.64. The Kier molecular flexibility index (Phi) is 6.16. The van der Waals surface area contributed by atoms with Crippen molar-refractivity contribution in [2.75, 3.05) is 37.9 Å². The van der Waals surface area contributed by atoms with E-state index >= 15 is 0 Å². The Bertz CT molecular complexity index is 418. The molecule has 0 aromatic carbocycles. The zero-order valence-corrected chi connectivity index (χ0v) is 13.0. The van der Waals surface area contributed by atoms with Gasteiger partial charge in [0.15, 0.2) is 0 Å². The lowest BCUT2D eigenvalue weighted by Gasteiger charge is -2.19. The number of anilines is 2. The minimum absolute atomic E-state index is 0.112. The number of nitrogens with zero attached hydrogens (tertiary/aromatic N) is 2. The molecule has 0 radical (unpaired) electrons. The molecule has 0 bridgehead atoms. The molecule has 1 aromatic rings. The normalized spacial score (nSPS) is 13.1. The van der Waals surface area contributed by atoms with E-state index in [1.54, 1.807) is 7.11 Å². The van der Waals surface area contributed by atoms with E-state index in [4.69, 9.17) is 4.74 Å². The van der Waals surface area contributed by atoms with Crippen LogP contribution in [-0.2, 0) is 10.2 Å². The van der Waals surface area contributed by atoms with Crippen molar-refractivity contribution < 1.29 is 9.84 Å². The third-order valence-electron chi connectivity index (χ3n) is 2.80. The first-order chi connectivity index (χ1) is 9.36. The predicted octanol–water partition coefficient (Wildman–Crippen LogP) is 1.63. The molecule has 0 saturated carbocycles. The minimum Gasteiger partial charge on any atom is -0.391 e. The molecular weight excluding hydrogens is 256 g/mol. The number of ether oxygens (including phenoxy) is 1. The number of aliphatic hydroxyl groups excluding tert-OH is 1. The van der Waals surface area contributed by atoms with Gasteiger partial charge in [0.1, 0.15) is 17.5 Å². The van der Waals surface area contributed by atoms with E-state index < -0.39 is 6.10 Å². The van der Waals surface area contributed by atoms with Crippen LogP contribution >= 0.6 is 0 Å². The van der Waals surface area contributed by atoms with Gasteiger partial charge in [0.25, 0.3) is 0 Å². The number of methoxy groups -OCH3 is 1. The van der Waals surface area contributed by atoms with Gasteiger partial charge in [0, 0.05) is 32.2 Å². The van der Waals surface area contributed by atoms with Crippen LogP contribution in [0, 0.1) is 0 Å². The van der Waals surface area contributed by atoms with Crippen LogP contribution in [0.3, 0.4) is 0 Å². The number of hydrogen-bond acceptors (Lipinski definition) is 6. The molecule has 6 heteroatoms. The summed E-state index contributed by atoms with van der Waals surface area (Å²) in [6, 6.07) is 1.86. The molecule has 3 N–H and O–H groups in total. The van der Waals surface area contributed by atoms with Crippen LogP contribution in [0.25, 0.3) is 0 Å². The molecule has 1 rings (SSSR count). The lowest BCUT2D eigenvalue weighted by Crippen LogP contribution is -2.21. The summed E-state index contributed by atoms with van der Waals surface area (Å²) in [7, 11) is 3.41. The van der Waals surface area contributed by atoms with E-state index in [0.717, 1.165) is 17.5 Å². The third kappa shape index (κ3) is 5.30. The van der Waals surface area contributed by atoms with Crippen molar-refractivity contribution in [3.63, 3.8) is 0 Å². The lowest BCUT2D eigenvalue weighted by molar-refractivity contribution is 0.0615. The first-order valence-corrected chi connectivity index (χ1v) is 6.85. The van der Waals surface area contributed by atoms with Gasteiger partial charge >= 0.3 is 0 Å². The Morgan fingerprint density at radius 1 is 1.30 bits per heavy atom. The van der Waals surface area contributed by atoms with Crippen LogP contribution in [-0.4, -0.2) is 48.5 Å². The SMILES string of the molecule is CNc1cc(NCCC(O)COC)nc(C(C)(C)C)n1. The average molecular weight is 282 g/mol. The maximum atomic E-state index is 9.60. The van der Waals surface area contributed by atoms with E-state index in [9.17, 15) is 5.11 Å². The maximum Gasteiger partial charge on any atom is 0.138 e. The molecule has 6 nitrogen and oxygen atoms in total. The van der Waals surface area contributed by atoms with Gasteiger partial charge in [-0.05, 0) is 6.42 Å². The number of nitrogens with one attached hydrogen (secondary N) is 2. The summed E-state index contributed by atoms with van der Waals surface area (Å²) in [6.07, 6.45) is 0.151. The standard InChI is InChI=1S/C14H26N4O2/c1-14(2,3)13-17-11(15-4)8-12(18-13)16-7-6-10(19)9-20-5/h8,10,19H,6-7,9H2,1-5H3,(H2,15,16,17,18). The third-order valence-corrected chi connectivity index (χ3v) is 2.80. The van der Waals surface area contributed by atoms with Gasteiger partial charge in [0.2, 0.25) is 0 Å². The summed E-state index contributed by atoms with van der Waals surface area (Å²) in [4.78, 5) is 8.98. The van der Waals surface area contributed by atoms with Gasteiger partial charge in [-0.2, -0.15) is 0 Å². The monoisotopic (exact) mass is 282 g/mol. The van der Waals surface area contributed by atoms with E-state index in [0.29, 0.717) is 19.6 Å². The predicted molar refractivity (Wildman–Crippen MR) is 81.3 cm³/mol. The number of hydrogen-bond donors (Lipinski definition) is 3. The van der Waals surface area contributed by atoms with Crippen molar-refractivity contribution >= 4 is 11.6 Å². The molecule has 20 heavy (non-hydrogen) atoms. The van der Waals surface area contributed by atoms with Crippen LogP contribution in [0.15, 0.2) is 6.07 Å². The molecule has 0 saturated heterocycles. The Hall–Kier alpha value is -1.40. The quantitative estimate of drug-likeness (QED) is 0.705. The molecule has 0 aliphatic carbocycles. The highest BCUT2D eigenvalue weighted by molar-refractivity contribution is 5.47. The second kappa shape index (κ2) is 7.40. The second-order valence-electron chi connectivity index (χ2n) is 5.79. The minimum atomic E-state index is -0.458. The topological polar surface area (TPSA) is 79.3 Å². The molecule has 1 atom stereocenters. The highest BCUT2D eigenvalue weighted by Gasteiger charge is 2.19. The van der Waals surface area contributed by atoms with Gasteiger partial charge in [-0.3, -0.25) is 0 Å². The molecular formula is C14H26N4O2. The van der Waals surface area contributed by atoms with Crippen LogP contribution in [0.5, 0.6) is 0 Å². The van der Waals surface area contributed by atoms with Crippen LogP contribution in [0.4, 0.5) is 11.6 Å². The summed E-state index contributed by atoms with van der Waals surface area (Å²) in [5, 5.41) is 15.9. The summed E-state index contributed by atoms with van der Waals surface area (Å²) < 4.78 is 4.89. The molecule has 0 spiro atoms. The van der Waals surface area contributed by atoms with Crippen LogP contribution < -0.4 is 10.6 Å². The maximum absolute atomic E-state index is 9.60. The summed E-state index contributed by atoms with van der Waals surface area (Å²) in [6.45, 7) is 7.21. The highest BCUT2D eigenvalue weighted by Crippen LogP contribution is 2.22. The molecule has 0 aliphatic heterocycles. The Morgan fingerprint density at radius 2 is 1.95 bits per heavy atom. The molecule has 114 valence electrons. The average Bonchev–Trinajstić information content (AvgIpc) is 2.37. The molecule has 0 fully saturated rings. The first kappa shape index (κ1) is 16.7. The van der Waals surface area contributed by atoms with Crippen LogP contribution in [0.1, 0.15) is 33.0 Å². The highest BCUT2D eigenvalue weighted by atomic mass is 16.5. The Morgan fingerprint density at radius 3 is 2.50 bits per heavy atom. The van der Waals surface area contributed by atoms with Gasteiger partial charge < -0.3 is 20.5 Å². The van der Waals surface area contributed by atoms with Gasteiger partial charge in [-0.25, -0.2) is 9.97 Å². The molecule has 1 heterocycles. The van der Waals surface area contributed by atoms with Gasteiger partial charge in [-0.15, -0.1) is 0 Å². The van der Waals surface area contributed by atoms with Crippen molar-refractivity contribution in [2.24, 2.45) is 0 Å². The summed E-state index contributed by atoms with van der Waals surface area (Å²) in [5.41, 5.74) is -0.112. The fourth-order valence-electron chi connectivity index (χ4n) is 1.64. The summed E-state index contributed by atoms with van der Waals surface area (Å²) >= 11 is 0. The van der Waals surface area contributed by atoms with E-state index in [2.05, 4.69) is 41.4 Å². The van der Waals surface area contributed by atoms with E-state index in [1.807, 2.05) is 13.1 Å². The van der Waals surface area contributed by atoms with Gasteiger partial charge in [0.05, 0.1) is 12.7 Å². The van der Waals surface area contributed by atoms with E-state index in [-0.39, 0.29) is 5.41 Å². The smallest absolute Gasteiger partial charge is 0.138 e. The van der Waals surface area contributed by atoms with E-state index in [1.165, 1.54) is 0 Å². The summed E-state index contributed by atoms with van der Waals surface area (Å²) in [5.74, 6) is 2.33. The fraction of sp³-hybridized carbons (Fsp3) is 0.714. The lowest BCUT2D eigenvalue weighted by atomic mass is 9.96. The number of aromatic nitrogens is 2. The zero-order chi connectivity index (χ0) is 15.2. The Labute approximate surface area is 121 Å². The Balaban J connectivity index is 2.70. The van der Waals surface area contributed by atoms with Crippen LogP contribution in [0.2, 0.25) is 0 Å². The molecule has 1 unspecified atom stereocenters. The van der Waals surface area contributed by atoms with Crippen molar-refractivity contribution in [2.45, 2.75) is 38.7 Å². The molecule has 1 aromatic heterocycles. The number of aliphatic hydroxyl groups is 1. The van der Waals surface area contributed by atoms with Crippen molar-refractivity contribution in [1.82, 2.24) is 9.97 Å². The number of rotatable bonds is 7. The largest absolute Gasteiger partial charge is 0.391 e. The van der Waals surface area contributed by atoms with Crippen molar-refractivity contribution in [1.29, 1.82) is 0 Å². The molecule has 0 aliphatic rings. The van der Waals surface area contributed by atoms with Crippen molar-refractivity contribution in [3.05, 3.63) is 11.9 Å². The first-order valence-electron chi connectivity index (χ1n) is 6.85. The molecule has 0 amide bonds. The zero-order valence-electron chi connectivity index (χ0n) is 13.0. The van der Waals surface area contributed by atoms with Crippen molar-refractivity contribution in [3.8, 4) is 0 Å².